The minimum Gasteiger partial charge on any atom is -0.495 e. The molecule has 1 aromatic carbocycles. The lowest BCUT2D eigenvalue weighted by Gasteiger charge is -2.29. The SMILES string of the molecule is COc1ccc(N2C(=S)N[C@@H](c3ccccn3)[C@@H]2c2cccn2Cc2ccccn2)cc1NS(C)(=O)=O. The van der Waals surface area contributed by atoms with Gasteiger partial charge < -0.3 is 19.5 Å². The van der Waals surface area contributed by atoms with Crippen LogP contribution in [0.15, 0.2) is 85.3 Å². The van der Waals surface area contributed by atoms with Crippen molar-refractivity contribution < 1.29 is 13.2 Å². The van der Waals surface area contributed by atoms with Crippen molar-refractivity contribution >= 4 is 38.7 Å². The zero-order valence-corrected chi connectivity index (χ0v) is 21.9. The minimum atomic E-state index is -3.53. The van der Waals surface area contributed by atoms with E-state index in [-0.39, 0.29) is 12.1 Å². The largest absolute Gasteiger partial charge is 0.495 e. The molecule has 1 saturated heterocycles. The van der Waals surface area contributed by atoms with Crippen molar-refractivity contribution in [1.29, 1.82) is 0 Å². The molecule has 0 saturated carbocycles. The number of pyridine rings is 2. The van der Waals surface area contributed by atoms with Gasteiger partial charge in [-0.15, -0.1) is 0 Å². The van der Waals surface area contributed by atoms with E-state index >= 15 is 0 Å². The van der Waals surface area contributed by atoms with E-state index in [0.29, 0.717) is 28.8 Å². The van der Waals surface area contributed by atoms with Crippen molar-refractivity contribution in [3.05, 3.63) is 102 Å². The molecule has 0 radical (unpaired) electrons. The van der Waals surface area contributed by atoms with Crippen LogP contribution in [0.5, 0.6) is 5.75 Å². The molecular weight excluding hydrogens is 508 g/mol. The molecule has 4 heterocycles. The van der Waals surface area contributed by atoms with E-state index in [1.807, 2.05) is 59.6 Å². The van der Waals surface area contributed by atoms with Crippen molar-refractivity contribution in [3.63, 3.8) is 0 Å². The number of thiocarbonyl (C=S) groups is 1. The molecule has 190 valence electrons. The number of nitrogens with one attached hydrogen (secondary N) is 2. The molecule has 1 aliphatic rings. The molecule has 1 fully saturated rings. The van der Waals surface area contributed by atoms with Gasteiger partial charge in [0.05, 0.1) is 43.0 Å². The Kier molecular flexibility index (Phi) is 6.81. The van der Waals surface area contributed by atoms with Crippen LogP contribution in [-0.2, 0) is 16.6 Å². The molecule has 0 amide bonds. The summed E-state index contributed by atoms with van der Waals surface area (Å²) in [6.45, 7) is 0.582. The van der Waals surface area contributed by atoms with Crippen LogP contribution in [0.25, 0.3) is 0 Å². The van der Waals surface area contributed by atoms with Gasteiger partial charge in [0.1, 0.15) is 11.8 Å². The highest BCUT2D eigenvalue weighted by atomic mass is 32.2. The fourth-order valence-corrected chi connectivity index (χ4v) is 5.47. The molecule has 2 N–H and O–H groups in total. The Morgan fingerprint density at radius 1 is 1.05 bits per heavy atom. The molecule has 9 nitrogen and oxygen atoms in total. The highest BCUT2D eigenvalue weighted by molar-refractivity contribution is 7.92. The summed E-state index contributed by atoms with van der Waals surface area (Å²) in [7, 11) is -2.04. The average molecular weight is 535 g/mol. The number of hydrogen-bond donors (Lipinski definition) is 2. The van der Waals surface area contributed by atoms with Gasteiger partial charge in [0.2, 0.25) is 10.0 Å². The summed E-state index contributed by atoms with van der Waals surface area (Å²) in [6, 6.07) is 20.5. The van der Waals surface area contributed by atoms with Crippen molar-refractivity contribution in [2.75, 3.05) is 23.0 Å². The molecule has 1 aliphatic heterocycles. The molecule has 0 bridgehead atoms. The Balaban J connectivity index is 1.62. The van der Waals surface area contributed by atoms with E-state index in [9.17, 15) is 8.42 Å². The summed E-state index contributed by atoms with van der Waals surface area (Å²) in [6.07, 6.45) is 6.66. The molecule has 0 aliphatic carbocycles. The number of anilines is 2. The van der Waals surface area contributed by atoms with Gasteiger partial charge in [-0.2, -0.15) is 0 Å². The van der Waals surface area contributed by atoms with E-state index in [1.54, 1.807) is 24.5 Å². The number of hydrogen-bond acceptors (Lipinski definition) is 6. The number of nitrogens with zero attached hydrogens (tertiary/aromatic N) is 4. The number of benzene rings is 1. The highest BCUT2D eigenvalue weighted by Crippen LogP contribution is 2.43. The Morgan fingerprint density at radius 3 is 2.51 bits per heavy atom. The Bertz CT molecular complexity index is 1510. The lowest BCUT2D eigenvalue weighted by molar-refractivity contribution is 0.417. The summed E-state index contributed by atoms with van der Waals surface area (Å²) in [5.41, 5.74) is 3.80. The fourth-order valence-electron chi connectivity index (χ4n) is 4.56. The van der Waals surface area contributed by atoms with Crippen LogP contribution in [0.2, 0.25) is 0 Å². The van der Waals surface area contributed by atoms with Crippen LogP contribution < -0.4 is 19.7 Å². The van der Waals surface area contributed by atoms with Crippen LogP contribution in [-0.4, -0.2) is 41.4 Å². The number of methoxy groups -OCH3 is 1. The number of ether oxygens (including phenoxy) is 1. The number of aromatic nitrogens is 3. The molecule has 37 heavy (non-hydrogen) atoms. The van der Waals surface area contributed by atoms with Crippen molar-refractivity contribution in [2.45, 2.75) is 18.6 Å². The third-order valence-corrected chi connectivity index (χ3v) is 6.99. The standard InChI is InChI=1S/C26H26N6O3S2/c1-35-23-12-11-19(16-21(23)30-37(2,33)34)32-25(24(29-26(32)36)20-9-4-6-14-28-20)22-10-7-15-31(22)17-18-8-3-5-13-27-18/h3-16,24-25,30H,17H2,1-2H3,(H,29,36)/t24-,25-/m0/s1. The van der Waals surface area contributed by atoms with E-state index in [4.69, 9.17) is 17.0 Å². The quantitative estimate of drug-likeness (QED) is 0.329. The zero-order valence-electron chi connectivity index (χ0n) is 20.3. The minimum absolute atomic E-state index is 0.250. The summed E-state index contributed by atoms with van der Waals surface area (Å²) >= 11 is 5.83. The Morgan fingerprint density at radius 2 is 1.84 bits per heavy atom. The maximum absolute atomic E-state index is 12.0. The van der Waals surface area contributed by atoms with Crippen molar-refractivity contribution in [3.8, 4) is 5.75 Å². The Hall–Kier alpha value is -3.96. The van der Waals surface area contributed by atoms with Crippen molar-refractivity contribution in [1.82, 2.24) is 19.9 Å². The maximum Gasteiger partial charge on any atom is 0.229 e. The van der Waals surface area contributed by atoms with Gasteiger partial charge in [-0.1, -0.05) is 12.1 Å². The van der Waals surface area contributed by atoms with Gasteiger partial charge in [-0.05, 0) is 66.8 Å². The van der Waals surface area contributed by atoms with E-state index in [0.717, 1.165) is 23.3 Å². The number of sulfonamides is 1. The van der Waals surface area contributed by atoms with Crippen LogP contribution in [0.4, 0.5) is 11.4 Å². The first-order valence-electron chi connectivity index (χ1n) is 11.6. The third kappa shape index (κ3) is 5.27. The second kappa shape index (κ2) is 10.2. The van der Waals surface area contributed by atoms with Crippen LogP contribution >= 0.6 is 12.2 Å². The predicted octanol–water partition coefficient (Wildman–Crippen LogP) is 3.88. The topological polar surface area (TPSA) is 101 Å². The first-order valence-corrected chi connectivity index (χ1v) is 13.9. The third-order valence-electron chi connectivity index (χ3n) is 6.08. The average Bonchev–Trinajstić information content (AvgIpc) is 3.47. The maximum atomic E-state index is 12.0. The predicted molar refractivity (Wildman–Crippen MR) is 147 cm³/mol. The van der Waals surface area contributed by atoms with Gasteiger partial charge in [0.15, 0.2) is 5.11 Å². The molecule has 11 heteroatoms. The lowest BCUT2D eigenvalue weighted by Crippen LogP contribution is -2.30. The molecule has 4 aromatic rings. The van der Waals surface area contributed by atoms with E-state index in [1.165, 1.54) is 7.11 Å². The Labute approximate surface area is 221 Å². The summed E-state index contributed by atoms with van der Waals surface area (Å²) in [5, 5.41) is 3.94. The summed E-state index contributed by atoms with van der Waals surface area (Å²) in [5.74, 6) is 0.406. The molecule has 2 atom stereocenters. The fraction of sp³-hybridized carbons (Fsp3) is 0.192. The van der Waals surface area contributed by atoms with Gasteiger partial charge in [-0.3, -0.25) is 14.7 Å². The summed E-state index contributed by atoms with van der Waals surface area (Å²) < 4.78 is 34.2. The van der Waals surface area contributed by atoms with Gasteiger partial charge >= 0.3 is 0 Å². The van der Waals surface area contributed by atoms with Crippen LogP contribution in [0.3, 0.4) is 0 Å². The first kappa shape index (κ1) is 24.7. The van der Waals surface area contributed by atoms with Gasteiger partial charge in [0, 0.05) is 30.0 Å². The second-order valence-corrected chi connectivity index (χ2v) is 10.8. The monoisotopic (exact) mass is 534 g/mol. The van der Waals surface area contributed by atoms with Crippen LogP contribution in [0, 0.1) is 0 Å². The molecule has 3 aromatic heterocycles. The van der Waals surface area contributed by atoms with E-state index in [2.05, 4.69) is 30.6 Å². The van der Waals surface area contributed by atoms with Crippen molar-refractivity contribution in [2.24, 2.45) is 0 Å². The van der Waals surface area contributed by atoms with Gasteiger partial charge in [-0.25, -0.2) is 8.42 Å². The summed E-state index contributed by atoms with van der Waals surface area (Å²) in [4.78, 5) is 11.1. The lowest BCUT2D eigenvalue weighted by atomic mass is 10.0. The smallest absolute Gasteiger partial charge is 0.229 e. The second-order valence-electron chi connectivity index (χ2n) is 8.64. The normalized spacial score (nSPS) is 17.5. The molecular formula is C26H26N6O3S2. The molecule has 0 unspecified atom stereocenters. The number of rotatable bonds is 8. The molecule has 5 rings (SSSR count). The molecule has 0 spiro atoms. The zero-order chi connectivity index (χ0) is 26.0. The first-order chi connectivity index (χ1) is 17.8. The van der Waals surface area contributed by atoms with Gasteiger partial charge in [0.25, 0.3) is 0 Å². The van der Waals surface area contributed by atoms with Crippen LogP contribution in [0.1, 0.15) is 29.2 Å². The highest BCUT2D eigenvalue weighted by Gasteiger charge is 2.42. The van der Waals surface area contributed by atoms with E-state index < -0.39 is 10.0 Å².